The highest BCUT2D eigenvalue weighted by molar-refractivity contribution is 5.96. The summed E-state index contributed by atoms with van der Waals surface area (Å²) in [6.07, 6.45) is 1.61. The number of anilines is 1. The first kappa shape index (κ1) is 17.4. The van der Waals surface area contributed by atoms with E-state index in [0.717, 1.165) is 33.3 Å². The van der Waals surface area contributed by atoms with E-state index in [1.54, 1.807) is 19.3 Å². The summed E-state index contributed by atoms with van der Waals surface area (Å²) in [5, 5.41) is 16.4. The van der Waals surface area contributed by atoms with Crippen molar-refractivity contribution in [2.75, 3.05) is 12.4 Å². The van der Waals surface area contributed by atoms with Gasteiger partial charge < -0.3 is 10.6 Å². The number of aryl methyl sites for hydroxylation is 2. The number of fused-ring (bicyclic) bond motifs is 1. The predicted octanol–water partition coefficient (Wildman–Crippen LogP) is 3.70. The van der Waals surface area contributed by atoms with E-state index < -0.39 is 0 Å². The smallest absolute Gasteiger partial charge is 0.251 e. The lowest BCUT2D eigenvalue weighted by Gasteiger charge is -2.14. The monoisotopic (exact) mass is 344 g/mol. The first-order valence-corrected chi connectivity index (χ1v) is 8.38. The molecule has 0 spiro atoms. The molecule has 1 heterocycles. The van der Waals surface area contributed by atoms with Crippen LogP contribution in [0.1, 0.15) is 32.6 Å². The maximum atomic E-state index is 11.8. The van der Waals surface area contributed by atoms with Crippen molar-refractivity contribution in [1.29, 1.82) is 5.26 Å². The summed E-state index contributed by atoms with van der Waals surface area (Å²) in [4.78, 5) is 16.2. The van der Waals surface area contributed by atoms with Crippen LogP contribution in [0.25, 0.3) is 10.9 Å². The lowest BCUT2D eigenvalue weighted by molar-refractivity contribution is 0.0963. The molecule has 0 unspecified atom stereocenters. The number of carbonyl (C=O) groups excluding carboxylic acids is 1. The number of hydrogen-bond donors (Lipinski definition) is 2. The Morgan fingerprint density at radius 2 is 2.04 bits per heavy atom. The third-order valence-electron chi connectivity index (χ3n) is 4.31. The Balaban J connectivity index is 1.99. The summed E-state index contributed by atoms with van der Waals surface area (Å²) in [5.74, 6) is -0.120. The Morgan fingerprint density at radius 3 is 2.77 bits per heavy atom. The fourth-order valence-corrected chi connectivity index (χ4v) is 3.09. The van der Waals surface area contributed by atoms with E-state index in [0.29, 0.717) is 17.7 Å². The molecule has 130 valence electrons. The van der Waals surface area contributed by atoms with Crippen molar-refractivity contribution < 1.29 is 4.79 Å². The van der Waals surface area contributed by atoms with Crippen LogP contribution in [0.15, 0.2) is 42.6 Å². The highest BCUT2D eigenvalue weighted by Crippen LogP contribution is 2.29. The summed E-state index contributed by atoms with van der Waals surface area (Å²) < 4.78 is 0. The molecular formula is C21H20N4O. The maximum absolute atomic E-state index is 11.8. The molecule has 0 aliphatic rings. The van der Waals surface area contributed by atoms with E-state index in [2.05, 4.69) is 27.8 Å². The molecule has 5 heteroatoms. The topological polar surface area (TPSA) is 77.8 Å². The molecule has 5 nitrogen and oxygen atoms in total. The van der Waals surface area contributed by atoms with Gasteiger partial charge in [0.25, 0.3) is 5.91 Å². The summed E-state index contributed by atoms with van der Waals surface area (Å²) in [6.45, 7) is 4.55. The van der Waals surface area contributed by atoms with Crippen LogP contribution in [0.5, 0.6) is 0 Å². The van der Waals surface area contributed by atoms with Crippen molar-refractivity contribution in [2.24, 2.45) is 0 Å². The summed E-state index contributed by atoms with van der Waals surface area (Å²) in [6, 6.07) is 13.8. The minimum atomic E-state index is -0.120. The molecule has 1 aromatic heterocycles. The lowest BCUT2D eigenvalue weighted by atomic mass is 10.0. The number of carbonyl (C=O) groups is 1. The number of nitriles is 1. The van der Waals surface area contributed by atoms with Crippen molar-refractivity contribution in [3.63, 3.8) is 0 Å². The number of nitrogens with one attached hydrogen (secondary N) is 2. The van der Waals surface area contributed by atoms with Gasteiger partial charge in [0, 0.05) is 30.7 Å². The van der Waals surface area contributed by atoms with Gasteiger partial charge in [-0.25, -0.2) is 0 Å². The van der Waals surface area contributed by atoms with Crippen LogP contribution in [0.4, 0.5) is 5.69 Å². The SMILES string of the molecule is CNC(=O)c1cccc(CNc2c(C#N)cnc3c(C)cc(C)cc23)c1. The minimum Gasteiger partial charge on any atom is -0.379 e. The normalized spacial score (nSPS) is 10.4. The molecule has 0 bridgehead atoms. The molecule has 2 N–H and O–H groups in total. The molecule has 0 saturated heterocycles. The molecule has 3 aromatic rings. The average molecular weight is 344 g/mol. The molecule has 1 amide bonds. The van der Waals surface area contributed by atoms with Gasteiger partial charge in [-0.15, -0.1) is 0 Å². The molecule has 26 heavy (non-hydrogen) atoms. The van der Waals surface area contributed by atoms with Gasteiger partial charge in [0.15, 0.2) is 0 Å². The summed E-state index contributed by atoms with van der Waals surface area (Å²) >= 11 is 0. The van der Waals surface area contributed by atoms with Crippen LogP contribution < -0.4 is 10.6 Å². The highest BCUT2D eigenvalue weighted by atomic mass is 16.1. The summed E-state index contributed by atoms with van der Waals surface area (Å²) in [7, 11) is 1.61. The van der Waals surface area contributed by atoms with Gasteiger partial charge in [0.05, 0.1) is 16.8 Å². The maximum Gasteiger partial charge on any atom is 0.251 e. The van der Waals surface area contributed by atoms with Crippen LogP contribution >= 0.6 is 0 Å². The van der Waals surface area contributed by atoms with Crippen molar-refractivity contribution in [1.82, 2.24) is 10.3 Å². The molecular weight excluding hydrogens is 324 g/mol. The molecule has 2 aromatic carbocycles. The van der Waals surface area contributed by atoms with Crippen molar-refractivity contribution in [3.8, 4) is 6.07 Å². The number of rotatable bonds is 4. The van der Waals surface area contributed by atoms with Gasteiger partial charge in [-0.05, 0) is 43.2 Å². The molecule has 0 radical (unpaired) electrons. The summed E-state index contributed by atoms with van der Waals surface area (Å²) in [5.41, 5.74) is 5.93. The minimum absolute atomic E-state index is 0.120. The second-order valence-electron chi connectivity index (χ2n) is 6.27. The van der Waals surface area contributed by atoms with Crippen LogP contribution in [0, 0.1) is 25.2 Å². The van der Waals surface area contributed by atoms with Crippen LogP contribution in [0.3, 0.4) is 0 Å². The van der Waals surface area contributed by atoms with Gasteiger partial charge in [-0.3, -0.25) is 9.78 Å². The van der Waals surface area contributed by atoms with E-state index in [9.17, 15) is 10.1 Å². The standard InChI is InChI=1S/C21H20N4O/c1-13-7-14(2)19-18(8-13)20(17(10-22)12-25-19)24-11-15-5-4-6-16(9-15)21(26)23-3/h4-9,12H,11H2,1-3H3,(H,23,26)(H,24,25). The van der Waals surface area contributed by atoms with Crippen LogP contribution in [-0.2, 0) is 6.54 Å². The van der Waals surface area contributed by atoms with Crippen LogP contribution in [0.2, 0.25) is 0 Å². The zero-order valence-corrected chi connectivity index (χ0v) is 15.1. The molecule has 0 atom stereocenters. The largest absolute Gasteiger partial charge is 0.379 e. The van der Waals surface area contributed by atoms with E-state index in [4.69, 9.17) is 0 Å². The average Bonchev–Trinajstić information content (AvgIpc) is 2.65. The number of benzene rings is 2. The molecule has 3 rings (SSSR count). The van der Waals surface area contributed by atoms with Gasteiger partial charge in [-0.1, -0.05) is 23.8 Å². The first-order chi connectivity index (χ1) is 12.5. The van der Waals surface area contributed by atoms with Crippen molar-refractivity contribution >= 4 is 22.5 Å². The zero-order valence-electron chi connectivity index (χ0n) is 15.1. The first-order valence-electron chi connectivity index (χ1n) is 8.38. The number of pyridine rings is 1. The van der Waals surface area contributed by atoms with E-state index in [1.807, 2.05) is 38.1 Å². The fraction of sp³-hybridized carbons (Fsp3) is 0.190. The van der Waals surface area contributed by atoms with E-state index in [1.165, 1.54) is 0 Å². The predicted molar refractivity (Wildman–Crippen MR) is 103 cm³/mol. The number of hydrogen-bond acceptors (Lipinski definition) is 4. The Bertz CT molecular complexity index is 1030. The van der Waals surface area contributed by atoms with E-state index in [-0.39, 0.29) is 5.91 Å². The van der Waals surface area contributed by atoms with Gasteiger partial charge >= 0.3 is 0 Å². The van der Waals surface area contributed by atoms with Crippen LogP contribution in [-0.4, -0.2) is 17.9 Å². The molecule has 0 saturated carbocycles. The Kier molecular flexibility index (Phi) is 4.85. The van der Waals surface area contributed by atoms with Gasteiger partial charge in [-0.2, -0.15) is 5.26 Å². The molecule has 0 aliphatic heterocycles. The quantitative estimate of drug-likeness (QED) is 0.756. The number of aromatic nitrogens is 1. The second-order valence-corrected chi connectivity index (χ2v) is 6.27. The van der Waals surface area contributed by atoms with E-state index >= 15 is 0 Å². The molecule has 0 fully saturated rings. The Hall–Kier alpha value is -3.39. The Morgan fingerprint density at radius 1 is 1.23 bits per heavy atom. The second kappa shape index (κ2) is 7.24. The van der Waals surface area contributed by atoms with Gasteiger partial charge in [0.2, 0.25) is 0 Å². The lowest BCUT2D eigenvalue weighted by Crippen LogP contribution is -2.18. The zero-order chi connectivity index (χ0) is 18.7. The highest BCUT2D eigenvalue weighted by Gasteiger charge is 2.11. The van der Waals surface area contributed by atoms with Gasteiger partial charge in [0.1, 0.15) is 6.07 Å². The van der Waals surface area contributed by atoms with Crippen molar-refractivity contribution in [3.05, 3.63) is 70.4 Å². The fourth-order valence-electron chi connectivity index (χ4n) is 3.09. The third-order valence-corrected chi connectivity index (χ3v) is 4.31. The molecule has 0 aliphatic carbocycles. The third kappa shape index (κ3) is 3.35. The number of nitrogens with zero attached hydrogens (tertiary/aromatic N) is 2. The number of amides is 1. The Labute approximate surface area is 152 Å². The van der Waals surface area contributed by atoms with Crippen molar-refractivity contribution in [2.45, 2.75) is 20.4 Å².